The average molecular weight is 271 g/mol. The number of hydrogen-bond donors (Lipinski definition) is 0. The van der Waals surface area contributed by atoms with Crippen LogP contribution >= 0.6 is 15.9 Å². The second kappa shape index (κ2) is 5.10. The highest BCUT2D eigenvalue weighted by atomic mass is 79.9. The highest BCUT2D eigenvalue weighted by molar-refractivity contribution is 9.10. The van der Waals surface area contributed by atoms with Crippen molar-refractivity contribution in [2.75, 3.05) is 6.61 Å². The van der Waals surface area contributed by atoms with E-state index in [9.17, 15) is 0 Å². The van der Waals surface area contributed by atoms with Gasteiger partial charge < -0.3 is 4.74 Å². The molecule has 0 amide bonds. The first-order chi connectivity index (χ1) is 6.84. The summed E-state index contributed by atoms with van der Waals surface area (Å²) < 4.78 is 6.93. The smallest absolute Gasteiger partial charge is 0.0887 e. The number of ether oxygens (including phenoxy) is 1. The van der Waals surface area contributed by atoms with Gasteiger partial charge in [0, 0.05) is 16.8 Å². The van der Waals surface area contributed by atoms with Gasteiger partial charge >= 0.3 is 0 Å². The highest BCUT2D eigenvalue weighted by Crippen LogP contribution is 2.12. The zero-order chi connectivity index (χ0) is 9.80. The summed E-state index contributed by atoms with van der Waals surface area (Å²) in [6.07, 6.45) is 3.89. The lowest BCUT2D eigenvalue weighted by atomic mass is 10.2. The van der Waals surface area contributed by atoms with Gasteiger partial charge in [-0.1, -0.05) is 33.2 Å². The van der Waals surface area contributed by atoms with Crippen molar-refractivity contribution in [3.8, 4) is 0 Å². The first-order valence-electron chi connectivity index (χ1n) is 5.20. The van der Waals surface area contributed by atoms with Crippen molar-refractivity contribution in [3.05, 3.63) is 28.7 Å². The summed E-state index contributed by atoms with van der Waals surface area (Å²) in [4.78, 5) is 0. The third-order valence-electron chi connectivity index (χ3n) is 2.65. The van der Waals surface area contributed by atoms with Gasteiger partial charge in [-0.15, -0.1) is 0 Å². The molecular formula is C11H15BrOSi. The molecule has 1 nitrogen and oxygen atoms in total. The number of halogens is 1. The van der Waals surface area contributed by atoms with Crippen LogP contribution in [0, 0.1) is 0 Å². The van der Waals surface area contributed by atoms with Crippen LogP contribution in [-0.2, 0) is 4.74 Å². The zero-order valence-corrected chi connectivity index (χ0v) is 11.2. The van der Waals surface area contributed by atoms with Gasteiger partial charge in [-0.05, 0) is 31.4 Å². The lowest BCUT2D eigenvalue weighted by molar-refractivity contribution is 0.0660. The molecule has 0 spiro atoms. The fraction of sp³-hybridized carbons (Fsp3) is 0.455. The van der Waals surface area contributed by atoms with Crippen LogP contribution in [0.3, 0.4) is 0 Å². The van der Waals surface area contributed by atoms with E-state index >= 15 is 0 Å². The maximum absolute atomic E-state index is 5.76. The van der Waals surface area contributed by atoms with Crippen LogP contribution in [0.5, 0.6) is 0 Å². The molecule has 3 heteroatoms. The number of rotatable bonds is 2. The summed E-state index contributed by atoms with van der Waals surface area (Å²) in [5, 5.41) is 1.51. The number of benzene rings is 1. The zero-order valence-electron chi connectivity index (χ0n) is 8.21. The van der Waals surface area contributed by atoms with Crippen LogP contribution in [-0.4, -0.2) is 21.9 Å². The highest BCUT2D eigenvalue weighted by Gasteiger charge is 2.14. The summed E-state index contributed by atoms with van der Waals surface area (Å²) in [5.74, 6) is 0. The Labute approximate surface area is 95.8 Å². The van der Waals surface area contributed by atoms with Crippen molar-refractivity contribution >= 4 is 30.6 Å². The predicted molar refractivity (Wildman–Crippen MR) is 65.9 cm³/mol. The number of hydrogen-bond acceptors (Lipinski definition) is 1. The molecule has 0 radical (unpaired) electrons. The van der Waals surface area contributed by atoms with Gasteiger partial charge in [0.1, 0.15) is 0 Å². The molecule has 0 aliphatic carbocycles. The summed E-state index contributed by atoms with van der Waals surface area (Å²) >= 11 is 3.45. The van der Waals surface area contributed by atoms with E-state index in [1.807, 2.05) is 0 Å². The lowest BCUT2D eigenvalue weighted by Crippen LogP contribution is -2.33. The van der Waals surface area contributed by atoms with E-state index in [0.717, 1.165) is 6.61 Å². The molecule has 0 aromatic heterocycles. The van der Waals surface area contributed by atoms with Crippen molar-refractivity contribution in [3.63, 3.8) is 0 Å². The van der Waals surface area contributed by atoms with Gasteiger partial charge in [-0.2, -0.15) is 0 Å². The van der Waals surface area contributed by atoms with Gasteiger partial charge in [0.15, 0.2) is 0 Å². The Morgan fingerprint density at radius 1 is 1.21 bits per heavy atom. The minimum atomic E-state index is -0.216. The minimum Gasteiger partial charge on any atom is -0.382 e. The van der Waals surface area contributed by atoms with E-state index in [0.29, 0.717) is 5.73 Å². The molecule has 1 aromatic carbocycles. The predicted octanol–water partition coefficient (Wildman–Crippen LogP) is 1.77. The first kappa shape index (κ1) is 10.4. The molecule has 1 aliphatic heterocycles. The second-order valence-electron chi connectivity index (χ2n) is 3.82. The molecule has 1 aliphatic rings. The Morgan fingerprint density at radius 3 is 2.64 bits per heavy atom. The van der Waals surface area contributed by atoms with Crippen molar-refractivity contribution in [1.29, 1.82) is 0 Å². The molecule has 0 saturated carbocycles. The van der Waals surface area contributed by atoms with Gasteiger partial charge in [-0.3, -0.25) is 0 Å². The Hall–Kier alpha value is -0.123. The van der Waals surface area contributed by atoms with Crippen LogP contribution < -0.4 is 5.19 Å². The largest absolute Gasteiger partial charge is 0.382 e. The minimum absolute atomic E-state index is 0.216. The molecular weight excluding hydrogens is 256 g/mol. The van der Waals surface area contributed by atoms with Gasteiger partial charge in [-0.25, -0.2) is 0 Å². The van der Waals surface area contributed by atoms with E-state index in [1.165, 1.54) is 28.9 Å². The third kappa shape index (κ3) is 2.94. The van der Waals surface area contributed by atoms with Gasteiger partial charge in [0.25, 0.3) is 0 Å². The maximum atomic E-state index is 5.76. The van der Waals surface area contributed by atoms with E-state index < -0.39 is 0 Å². The fourth-order valence-corrected chi connectivity index (χ4v) is 3.93. The van der Waals surface area contributed by atoms with Crippen molar-refractivity contribution in [2.24, 2.45) is 0 Å². The van der Waals surface area contributed by atoms with E-state index in [2.05, 4.69) is 40.2 Å². The van der Waals surface area contributed by atoms with Crippen LogP contribution in [0.25, 0.3) is 0 Å². The van der Waals surface area contributed by atoms with Crippen molar-refractivity contribution in [1.82, 2.24) is 0 Å². The Bertz CT molecular complexity index is 280. The molecule has 0 N–H and O–H groups in total. The fourth-order valence-electron chi connectivity index (χ4n) is 1.85. The van der Waals surface area contributed by atoms with E-state index in [-0.39, 0.29) is 9.52 Å². The molecule has 1 fully saturated rings. The van der Waals surface area contributed by atoms with Crippen molar-refractivity contribution in [2.45, 2.75) is 25.0 Å². The van der Waals surface area contributed by atoms with E-state index in [1.54, 1.807) is 0 Å². The third-order valence-corrected chi connectivity index (χ3v) is 5.22. The summed E-state index contributed by atoms with van der Waals surface area (Å²) in [6, 6.07) is 8.72. The summed E-state index contributed by atoms with van der Waals surface area (Å²) in [6.45, 7) is 0.980. The van der Waals surface area contributed by atoms with Crippen LogP contribution in [0.15, 0.2) is 28.7 Å². The molecule has 1 aromatic rings. The molecule has 1 unspecified atom stereocenters. The molecule has 2 rings (SSSR count). The molecule has 1 saturated heterocycles. The Balaban J connectivity index is 1.92. The van der Waals surface area contributed by atoms with Gasteiger partial charge in [0.05, 0.1) is 9.52 Å². The monoisotopic (exact) mass is 270 g/mol. The topological polar surface area (TPSA) is 9.23 Å². The van der Waals surface area contributed by atoms with Gasteiger partial charge in [0.2, 0.25) is 0 Å². The molecule has 14 heavy (non-hydrogen) atoms. The Kier molecular flexibility index (Phi) is 3.79. The normalized spacial score (nSPS) is 23.1. The van der Waals surface area contributed by atoms with E-state index in [4.69, 9.17) is 4.74 Å². The SMILES string of the molecule is Brc1ccc([SiH2]C2CCCCO2)cc1. The summed E-state index contributed by atoms with van der Waals surface area (Å²) in [7, 11) is -0.216. The molecule has 0 bridgehead atoms. The maximum Gasteiger partial charge on any atom is 0.0887 e. The standard InChI is InChI=1S/C11H15BrOSi/c12-9-4-6-10(7-5-9)14-11-3-1-2-8-13-11/h4-7,11H,1-3,8,14H2. The summed E-state index contributed by atoms with van der Waals surface area (Å²) in [5.41, 5.74) is 0.588. The quantitative estimate of drug-likeness (QED) is 0.745. The second-order valence-corrected chi connectivity index (χ2v) is 6.87. The molecule has 76 valence electrons. The Morgan fingerprint density at radius 2 is 2.00 bits per heavy atom. The molecule has 1 heterocycles. The molecule has 1 atom stereocenters. The average Bonchev–Trinajstić information content (AvgIpc) is 2.23. The first-order valence-corrected chi connectivity index (χ1v) is 7.52. The van der Waals surface area contributed by atoms with Crippen LogP contribution in [0.1, 0.15) is 19.3 Å². The lowest BCUT2D eigenvalue weighted by Gasteiger charge is -2.22. The van der Waals surface area contributed by atoms with Crippen LogP contribution in [0.4, 0.5) is 0 Å². The van der Waals surface area contributed by atoms with Crippen LogP contribution in [0.2, 0.25) is 0 Å². The van der Waals surface area contributed by atoms with Crippen molar-refractivity contribution < 1.29 is 4.74 Å².